The number of hydrogen-bond acceptors (Lipinski definition) is 6. The molecule has 1 aliphatic rings. The molecular weight excluding hydrogens is 346 g/mol. The molecule has 140 valence electrons. The van der Waals surface area contributed by atoms with Crippen LogP contribution < -0.4 is 4.74 Å². The van der Waals surface area contributed by atoms with Crippen LogP contribution in [0.3, 0.4) is 0 Å². The molecule has 27 heavy (non-hydrogen) atoms. The van der Waals surface area contributed by atoms with Gasteiger partial charge in [-0.1, -0.05) is 18.2 Å². The highest BCUT2D eigenvalue weighted by Gasteiger charge is 2.31. The molecule has 0 N–H and O–H groups in total. The zero-order valence-corrected chi connectivity index (χ0v) is 15.3. The Balaban J connectivity index is 1.44. The van der Waals surface area contributed by atoms with Crippen LogP contribution in [-0.2, 0) is 11.3 Å². The highest BCUT2D eigenvalue weighted by molar-refractivity contribution is 5.92. The van der Waals surface area contributed by atoms with E-state index in [-0.39, 0.29) is 23.8 Å². The maximum absolute atomic E-state index is 12.6. The molecule has 0 saturated carbocycles. The number of carbonyl (C=O) groups excluding carboxylic acids is 1. The van der Waals surface area contributed by atoms with E-state index in [4.69, 9.17) is 13.9 Å². The van der Waals surface area contributed by atoms with Gasteiger partial charge in [0.1, 0.15) is 17.5 Å². The summed E-state index contributed by atoms with van der Waals surface area (Å²) in [5.74, 6) is 0.834. The first-order valence-electron chi connectivity index (χ1n) is 8.86. The lowest BCUT2D eigenvalue weighted by molar-refractivity contribution is -0.0765. The first-order chi connectivity index (χ1) is 13.0. The Labute approximate surface area is 156 Å². The summed E-state index contributed by atoms with van der Waals surface area (Å²) in [6.07, 6.45) is 3.10. The van der Waals surface area contributed by atoms with Gasteiger partial charge in [-0.15, -0.1) is 0 Å². The van der Waals surface area contributed by atoms with Gasteiger partial charge in [0.05, 0.1) is 12.2 Å². The second-order valence-corrected chi connectivity index (χ2v) is 7.08. The Morgan fingerprint density at radius 3 is 3.00 bits per heavy atom. The number of oxazole rings is 1. The summed E-state index contributed by atoms with van der Waals surface area (Å²) in [5.41, 5.74) is 0.700. The number of amides is 1. The van der Waals surface area contributed by atoms with Crippen molar-refractivity contribution >= 4 is 16.8 Å². The van der Waals surface area contributed by atoms with Crippen LogP contribution in [0, 0.1) is 0 Å². The maximum Gasteiger partial charge on any atom is 0.275 e. The molecule has 2 aromatic heterocycles. The SMILES string of the molecule is CC1(C)CN(C(=O)c2coc(COc3cccc4cccnc34)n2)CCO1. The average molecular weight is 367 g/mol. The highest BCUT2D eigenvalue weighted by atomic mass is 16.5. The third-order valence-electron chi connectivity index (χ3n) is 4.43. The van der Waals surface area contributed by atoms with Crippen molar-refractivity contribution in [2.75, 3.05) is 19.7 Å². The predicted octanol–water partition coefficient (Wildman–Crippen LogP) is 3.05. The molecule has 3 heterocycles. The number of para-hydroxylation sites is 1. The van der Waals surface area contributed by atoms with Crippen LogP contribution in [0.1, 0.15) is 30.2 Å². The van der Waals surface area contributed by atoms with Gasteiger partial charge in [-0.2, -0.15) is 0 Å². The number of rotatable bonds is 4. The number of fused-ring (bicyclic) bond motifs is 1. The third-order valence-corrected chi connectivity index (χ3v) is 4.43. The minimum absolute atomic E-state index is 0.123. The smallest absolute Gasteiger partial charge is 0.275 e. The summed E-state index contributed by atoms with van der Waals surface area (Å²) < 4.78 is 16.9. The van der Waals surface area contributed by atoms with E-state index in [1.807, 2.05) is 44.2 Å². The molecule has 7 nitrogen and oxygen atoms in total. The van der Waals surface area contributed by atoms with Crippen LogP contribution >= 0.6 is 0 Å². The lowest BCUT2D eigenvalue weighted by Gasteiger charge is -2.37. The first-order valence-corrected chi connectivity index (χ1v) is 8.86. The predicted molar refractivity (Wildman–Crippen MR) is 98.5 cm³/mol. The average Bonchev–Trinajstić information content (AvgIpc) is 3.14. The summed E-state index contributed by atoms with van der Waals surface area (Å²) in [6, 6.07) is 9.58. The van der Waals surface area contributed by atoms with Gasteiger partial charge in [-0.05, 0) is 26.0 Å². The lowest BCUT2D eigenvalue weighted by atomic mass is 10.1. The molecule has 0 spiro atoms. The first kappa shape index (κ1) is 17.5. The lowest BCUT2D eigenvalue weighted by Crippen LogP contribution is -2.50. The van der Waals surface area contributed by atoms with Gasteiger partial charge >= 0.3 is 0 Å². The molecule has 1 fully saturated rings. The quantitative estimate of drug-likeness (QED) is 0.705. The van der Waals surface area contributed by atoms with Crippen molar-refractivity contribution in [2.24, 2.45) is 0 Å². The molecule has 1 saturated heterocycles. The van der Waals surface area contributed by atoms with Crippen LogP contribution in [-0.4, -0.2) is 46.1 Å². The van der Waals surface area contributed by atoms with Crippen LogP contribution in [0.5, 0.6) is 5.75 Å². The van der Waals surface area contributed by atoms with E-state index < -0.39 is 0 Å². The van der Waals surface area contributed by atoms with E-state index in [9.17, 15) is 4.79 Å². The number of pyridine rings is 1. The molecule has 0 radical (unpaired) electrons. The van der Waals surface area contributed by atoms with E-state index in [0.717, 1.165) is 10.9 Å². The maximum atomic E-state index is 12.6. The summed E-state index contributed by atoms with van der Waals surface area (Å²) in [7, 11) is 0. The normalized spacial score (nSPS) is 16.4. The summed E-state index contributed by atoms with van der Waals surface area (Å²) in [5, 5.41) is 0.994. The molecule has 1 aromatic carbocycles. The van der Waals surface area contributed by atoms with E-state index in [1.165, 1.54) is 6.26 Å². The van der Waals surface area contributed by atoms with Crippen molar-refractivity contribution in [2.45, 2.75) is 26.1 Å². The molecule has 0 bridgehead atoms. The standard InChI is InChI=1S/C20H21N3O4/c1-20(2)13-23(9-10-27-20)19(24)15-11-26-17(22-15)12-25-16-7-3-5-14-6-4-8-21-18(14)16/h3-8,11H,9-10,12-13H2,1-2H3. The van der Waals surface area contributed by atoms with Crippen molar-refractivity contribution < 1.29 is 18.7 Å². The Morgan fingerprint density at radius 1 is 1.30 bits per heavy atom. The Hall–Kier alpha value is -2.93. The minimum Gasteiger partial charge on any atom is -0.482 e. The second-order valence-electron chi connectivity index (χ2n) is 7.08. The zero-order valence-electron chi connectivity index (χ0n) is 15.3. The second kappa shape index (κ2) is 7.00. The number of morpholine rings is 1. The Bertz CT molecular complexity index is 961. The summed E-state index contributed by atoms with van der Waals surface area (Å²) in [6.45, 7) is 5.63. The number of hydrogen-bond donors (Lipinski definition) is 0. The Morgan fingerprint density at radius 2 is 2.15 bits per heavy atom. The fourth-order valence-electron chi connectivity index (χ4n) is 3.16. The van der Waals surface area contributed by atoms with Crippen molar-refractivity contribution in [3.8, 4) is 5.75 Å². The van der Waals surface area contributed by atoms with Crippen molar-refractivity contribution in [3.05, 3.63) is 54.4 Å². The molecule has 1 amide bonds. The van der Waals surface area contributed by atoms with Crippen molar-refractivity contribution in [1.82, 2.24) is 14.9 Å². The fraction of sp³-hybridized carbons (Fsp3) is 0.350. The summed E-state index contributed by atoms with van der Waals surface area (Å²) >= 11 is 0. The summed E-state index contributed by atoms with van der Waals surface area (Å²) in [4.78, 5) is 23.0. The van der Waals surface area contributed by atoms with Gasteiger partial charge in [0, 0.05) is 24.7 Å². The zero-order chi connectivity index (χ0) is 18.9. The number of aromatic nitrogens is 2. The van der Waals surface area contributed by atoms with Gasteiger partial charge in [-0.3, -0.25) is 9.78 Å². The fourth-order valence-corrected chi connectivity index (χ4v) is 3.16. The van der Waals surface area contributed by atoms with E-state index >= 15 is 0 Å². The number of carbonyl (C=O) groups is 1. The van der Waals surface area contributed by atoms with E-state index in [0.29, 0.717) is 31.3 Å². The highest BCUT2D eigenvalue weighted by Crippen LogP contribution is 2.24. The largest absolute Gasteiger partial charge is 0.482 e. The molecule has 1 aliphatic heterocycles. The van der Waals surface area contributed by atoms with Gasteiger partial charge in [0.2, 0.25) is 5.89 Å². The third kappa shape index (κ3) is 3.78. The van der Waals surface area contributed by atoms with Crippen LogP contribution in [0.2, 0.25) is 0 Å². The van der Waals surface area contributed by atoms with Crippen LogP contribution in [0.25, 0.3) is 10.9 Å². The van der Waals surface area contributed by atoms with Gasteiger partial charge in [-0.25, -0.2) is 4.98 Å². The van der Waals surface area contributed by atoms with Gasteiger partial charge in [0.15, 0.2) is 12.3 Å². The van der Waals surface area contributed by atoms with Crippen molar-refractivity contribution in [3.63, 3.8) is 0 Å². The molecule has 7 heteroatoms. The van der Waals surface area contributed by atoms with E-state index in [2.05, 4.69) is 9.97 Å². The number of nitrogens with zero attached hydrogens (tertiary/aromatic N) is 3. The van der Waals surface area contributed by atoms with Gasteiger partial charge in [0.25, 0.3) is 5.91 Å². The van der Waals surface area contributed by atoms with Crippen LogP contribution in [0.4, 0.5) is 0 Å². The molecular formula is C20H21N3O4. The molecule has 0 atom stereocenters. The minimum atomic E-state index is -0.356. The molecule has 3 aromatic rings. The molecule has 0 aliphatic carbocycles. The number of benzene rings is 1. The van der Waals surface area contributed by atoms with Gasteiger partial charge < -0.3 is 18.8 Å². The Kier molecular flexibility index (Phi) is 4.53. The van der Waals surface area contributed by atoms with E-state index in [1.54, 1.807) is 11.1 Å². The number of ether oxygens (including phenoxy) is 2. The molecule has 4 rings (SSSR count). The topological polar surface area (TPSA) is 77.7 Å². The molecule has 0 unspecified atom stereocenters. The van der Waals surface area contributed by atoms with Crippen molar-refractivity contribution in [1.29, 1.82) is 0 Å². The monoisotopic (exact) mass is 367 g/mol. The van der Waals surface area contributed by atoms with Crippen LogP contribution in [0.15, 0.2) is 47.2 Å².